The van der Waals surface area contributed by atoms with Crippen LogP contribution in [-0.2, 0) is 13.0 Å². The Bertz CT molecular complexity index is 884. The van der Waals surface area contributed by atoms with E-state index in [9.17, 15) is 0 Å². The van der Waals surface area contributed by atoms with Gasteiger partial charge in [-0.15, -0.1) is 11.8 Å². The number of hydrogen-bond donors (Lipinski definition) is 0. The van der Waals surface area contributed by atoms with Crippen LogP contribution in [0.4, 0.5) is 5.69 Å². The van der Waals surface area contributed by atoms with E-state index in [-0.39, 0.29) is 0 Å². The minimum atomic E-state index is 0.524. The van der Waals surface area contributed by atoms with E-state index in [1.54, 1.807) is 18.0 Å². The molecular formula is C19H17ClN4S. The van der Waals surface area contributed by atoms with Crippen molar-refractivity contribution in [2.75, 3.05) is 17.7 Å². The van der Waals surface area contributed by atoms with Crippen molar-refractivity contribution < 1.29 is 0 Å². The highest BCUT2D eigenvalue weighted by Gasteiger charge is 2.22. The third kappa shape index (κ3) is 3.34. The molecule has 3 heterocycles. The minimum Gasteiger partial charge on any atom is -0.367 e. The maximum absolute atomic E-state index is 6.49. The summed E-state index contributed by atoms with van der Waals surface area (Å²) in [7, 11) is 0. The smallest absolute Gasteiger partial charge is 0.179 e. The lowest BCUT2D eigenvalue weighted by atomic mass is 10.1. The van der Waals surface area contributed by atoms with Crippen LogP contribution in [-0.4, -0.2) is 27.8 Å². The van der Waals surface area contributed by atoms with Gasteiger partial charge in [-0.1, -0.05) is 17.7 Å². The van der Waals surface area contributed by atoms with Crippen LogP contribution in [0.5, 0.6) is 0 Å². The summed E-state index contributed by atoms with van der Waals surface area (Å²) >= 11 is 8.24. The number of rotatable bonds is 3. The molecule has 4 rings (SSSR count). The Balaban J connectivity index is 1.63. The zero-order valence-corrected chi connectivity index (χ0v) is 15.4. The monoisotopic (exact) mass is 368 g/mol. The number of pyridine rings is 1. The Hall–Kier alpha value is -2.11. The molecule has 0 aliphatic carbocycles. The van der Waals surface area contributed by atoms with Crippen LogP contribution in [0.3, 0.4) is 0 Å². The Labute approximate surface area is 156 Å². The van der Waals surface area contributed by atoms with Gasteiger partial charge in [-0.3, -0.25) is 4.98 Å². The molecule has 1 aliphatic rings. The molecule has 1 aromatic carbocycles. The van der Waals surface area contributed by atoms with E-state index in [1.807, 2.05) is 18.2 Å². The molecule has 0 unspecified atom stereocenters. The Kier molecular flexibility index (Phi) is 4.59. The molecule has 0 bridgehead atoms. The number of halogens is 1. The van der Waals surface area contributed by atoms with Gasteiger partial charge < -0.3 is 4.90 Å². The fourth-order valence-electron chi connectivity index (χ4n) is 3.00. The number of aromatic nitrogens is 3. The highest BCUT2D eigenvalue weighted by molar-refractivity contribution is 7.98. The summed E-state index contributed by atoms with van der Waals surface area (Å²) in [4.78, 5) is 17.1. The second-order valence-corrected chi connectivity index (χ2v) is 7.09. The van der Waals surface area contributed by atoms with E-state index in [4.69, 9.17) is 16.6 Å². The Morgan fingerprint density at radius 3 is 2.64 bits per heavy atom. The first-order valence-electron chi connectivity index (χ1n) is 8.10. The van der Waals surface area contributed by atoms with Crippen molar-refractivity contribution in [3.05, 3.63) is 65.1 Å². The summed E-state index contributed by atoms with van der Waals surface area (Å²) in [5, 5.41) is 0.524. The summed E-state index contributed by atoms with van der Waals surface area (Å²) in [5.41, 5.74) is 4.00. The molecule has 4 nitrogen and oxygen atoms in total. The van der Waals surface area contributed by atoms with Gasteiger partial charge in [-0.25, -0.2) is 9.97 Å². The number of fused-ring (bicyclic) bond motifs is 1. The van der Waals surface area contributed by atoms with Gasteiger partial charge in [0.05, 0.1) is 5.69 Å². The van der Waals surface area contributed by atoms with Gasteiger partial charge in [0.1, 0.15) is 10.8 Å². The van der Waals surface area contributed by atoms with E-state index in [0.29, 0.717) is 11.0 Å². The van der Waals surface area contributed by atoms with Crippen LogP contribution >= 0.6 is 23.4 Å². The maximum Gasteiger partial charge on any atom is 0.179 e. The van der Waals surface area contributed by atoms with Crippen molar-refractivity contribution in [3.63, 3.8) is 0 Å². The van der Waals surface area contributed by atoms with E-state index >= 15 is 0 Å². The quantitative estimate of drug-likeness (QED) is 0.503. The third-order valence-corrected chi connectivity index (χ3v) is 5.40. The number of hydrogen-bond acceptors (Lipinski definition) is 5. The molecule has 6 heteroatoms. The summed E-state index contributed by atoms with van der Waals surface area (Å²) in [5.74, 6) is 0.599. The number of anilines is 1. The molecule has 3 aromatic rings. The molecule has 0 spiro atoms. The van der Waals surface area contributed by atoms with Gasteiger partial charge in [-0.05, 0) is 42.7 Å². The first kappa shape index (κ1) is 16.4. The van der Waals surface area contributed by atoms with Crippen molar-refractivity contribution in [3.8, 4) is 11.5 Å². The molecule has 1 aliphatic heterocycles. The minimum absolute atomic E-state index is 0.524. The largest absolute Gasteiger partial charge is 0.367 e. The lowest BCUT2D eigenvalue weighted by molar-refractivity contribution is 0.706. The summed E-state index contributed by atoms with van der Waals surface area (Å²) in [6, 6.07) is 14.3. The molecule has 0 atom stereocenters. The van der Waals surface area contributed by atoms with E-state index < -0.39 is 0 Å². The highest BCUT2D eigenvalue weighted by Crippen LogP contribution is 2.30. The second kappa shape index (κ2) is 7.02. The molecule has 0 radical (unpaired) electrons. The van der Waals surface area contributed by atoms with Crippen LogP contribution in [0.2, 0.25) is 5.15 Å². The van der Waals surface area contributed by atoms with Gasteiger partial charge in [-0.2, -0.15) is 0 Å². The Morgan fingerprint density at radius 2 is 1.92 bits per heavy atom. The van der Waals surface area contributed by atoms with Gasteiger partial charge in [0.15, 0.2) is 5.82 Å². The molecule has 0 saturated heterocycles. The zero-order valence-electron chi connectivity index (χ0n) is 13.8. The predicted octanol–water partition coefficient (Wildman–Crippen LogP) is 4.48. The summed E-state index contributed by atoms with van der Waals surface area (Å²) < 4.78 is 0. The first-order valence-corrected chi connectivity index (χ1v) is 9.70. The van der Waals surface area contributed by atoms with Crippen LogP contribution in [0, 0.1) is 0 Å². The molecule has 126 valence electrons. The lowest BCUT2D eigenvalue weighted by Gasteiger charge is -2.30. The van der Waals surface area contributed by atoms with Crippen LogP contribution in [0.25, 0.3) is 11.5 Å². The SMILES string of the molecule is CSc1ccc(N2CCc3nc(-c4ccccn4)nc(Cl)c3C2)cc1. The third-order valence-electron chi connectivity index (χ3n) is 4.34. The van der Waals surface area contributed by atoms with Crippen LogP contribution in [0.15, 0.2) is 53.6 Å². The van der Waals surface area contributed by atoms with Crippen molar-refractivity contribution in [2.24, 2.45) is 0 Å². The van der Waals surface area contributed by atoms with Crippen molar-refractivity contribution in [2.45, 2.75) is 17.9 Å². The second-order valence-electron chi connectivity index (χ2n) is 5.85. The van der Waals surface area contributed by atoms with Crippen molar-refractivity contribution in [1.82, 2.24) is 15.0 Å². The van der Waals surface area contributed by atoms with E-state index in [0.717, 1.165) is 36.5 Å². The molecular weight excluding hydrogens is 352 g/mol. The lowest BCUT2D eigenvalue weighted by Crippen LogP contribution is -2.31. The van der Waals surface area contributed by atoms with Crippen molar-refractivity contribution >= 4 is 29.1 Å². The molecule has 2 aromatic heterocycles. The topological polar surface area (TPSA) is 41.9 Å². The number of thioether (sulfide) groups is 1. The normalized spacial score (nSPS) is 13.6. The maximum atomic E-state index is 6.49. The average Bonchev–Trinajstić information content (AvgIpc) is 2.68. The molecule has 0 saturated carbocycles. The zero-order chi connectivity index (χ0) is 17.2. The average molecular weight is 369 g/mol. The van der Waals surface area contributed by atoms with E-state index in [2.05, 4.69) is 45.4 Å². The fraction of sp³-hybridized carbons (Fsp3) is 0.211. The molecule has 0 amide bonds. The van der Waals surface area contributed by atoms with Gasteiger partial charge in [0.25, 0.3) is 0 Å². The van der Waals surface area contributed by atoms with Gasteiger partial charge >= 0.3 is 0 Å². The van der Waals surface area contributed by atoms with Crippen LogP contribution < -0.4 is 4.90 Å². The summed E-state index contributed by atoms with van der Waals surface area (Å²) in [6.07, 6.45) is 4.68. The Morgan fingerprint density at radius 1 is 1.08 bits per heavy atom. The predicted molar refractivity (Wildman–Crippen MR) is 103 cm³/mol. The molecule has 0 fully saturated rings. The first-order chi connectivity index (χ1) is 12.2. The molecule has 25 heavy (non-hydrogen) atoms. The van der Waals surface area contributed by atoms with E-state index in [1.165, 1.54) is 10.6 Å². The van der Waals surface area contributed by atoms with Gasteiger partial charge in [0.2, 0.25) is 0 Å². The van der Waals surface area contributed by atoms with Gasteiger partial charge in [0, 0.05) is 41.9 Å². The molecule has 0 N–H and O–H groups in total. The standard InChI is InChI=1S/C19H17ClN4S/c1-25-14-7-5-13(6-8-14)24-11-9-16-15(12-24)18(20)23-19(22-16)17-4-2-3-10-21-17/h2-8,10H,9,11-12H2,1H3. The number of benzene rings is 1. The summed E-state index contributed by atoms with van der Waals surface area (Å²) in [6.45, 7) is 1.65. The van der Waals surface area contributed by atoms with Crippen LogP contribution in [0.1, 0.15) is 11.3 Å². The fourth-order valence-corrected chi connectivity index (χ4v) is 3.65. The van der Waals surface area contributed by atoms with Crippen molar-refractivity contribution in [1.29, 1.82) is 0 Å². The number of nitrogens with zero attached hydrogens (tertiary/aromatic N) is 4. The highest BCUT2D eigenvalue weighted by atomic mass is 35.5.